The number of halogens is 1. The van der Waals surface area contributed by atoms with Crippen molar-refractivity contribution >= 4 is 45.0 Å². The van der Waals surface area contributed by atoms with E-state index in [0.717, 1.165) is 18.2 Å². The maximum absolute atomic E-state index is 13.3. The molecule has 1 fully saturated rings. The molecule has 1 atom stereocenters. The molecule has 0 radical (unpaired) electrons. The van der Waals surface area contributed by atoms with Crippen molar-refractivity contribution in [3.05, 3.63) is 52.5 Å². The highest BCUT2D eigenvalue weighted by molar-refractivity contribution is 7.89. The van der Waals surface area contributed by atoms with Gasteiger partial charge in [0.2, 0.25) is 5.91 Å². The highest BCUT2D eigenvalue weighted by atomic mass is 35.5. The summed E-state index contributed by atoms with van der Waals surface area (Å²) >= 11 is 6.06. The number of hydrogen-bond donors (Lipinski definition) is 2. The average molecular weight is 481 g/mol. The van der Waals surface area contributed by atoms with Crippen LogP contribution in [-0.4, -0.2) is 49.1 Å². The number of carbonyl (C=O) groups excluding carboxylic acids is 2. The molecule has 32 heavy (non-hydrogen) atoms. The highest BCUT2D eigenvalue weighted by Gasteiger charge is 2.38. The van der Waals surface area contributed by atoms with Crippen LogP contribution in [0.5, 0.6) is 5.75 Å². The Bertz CT molecular complexity index is 1200. The standard InChI is InChI=1S/C21H21ClN2O7S/c1-31-19-7-3-14(22)9-13(19)8-12-2-4-15(25)11-24(20(12)26)32(29,30)16-5-6-17(21(27)28)18(23)10-16/h3,5-7,9-10,12H,2,4,8,11,23H2,1H3,(H,27,28). The number of Topliss-reactive ketones (excluding diaryl/α,β-unsaturated/α-hetero) is 1. The summed E-state index contributed by atoms with van der Waals surface area (Å²) in [4.78, 5) is 36.3. The van der Waals surface area contributed by atoms with Gasteiger partial charge < -0.3 is 15.6 Å². The average Bonchev–Trinajstić information content (AvgIpc) is 2.87. The molecule has 0 spiro atoms. The number of anilines is 1. The second-order valence-electron chi connectivity index (χ2n) is 7.34. The Morgan fingerprint density at radius 2 is 1.97 bits per heavy atom. The number of sulfonamides is 1. The van der Waals surface area contributed by atoms with Crippen LogP contribution in [0.3, 0.4) is 0 Å². The highest BCUT2D eigenvalue weighted by Crippen LogP contribution is 2.31. The van der Waals surface area contributed by atoms with Crippen LogP contribution in [0.15, 0.2) is 41.3 Å². The summed E-state index contributed by atoms with van der Waals surface area (Å²) in [7, 11) is -2.98. The number of rotatable bonds is 6. The van der Waals surface area contributed by atoms with E-state index < -0.39 is 40.1 Å². The Labute approximate surface area is 189 Å². The number of ketones is 1. The molecule has 2 aromatic rings. The largest absolute Gasteiger partial charge is 0.496 e. The fraction of sp³-hybridized carbons (Fsp3) is 0.286. The van der Waals surface area contributed by atoms with Crippen LogP contribution < -0.4 is 10.5 Å². The molecule has 0 aliphatic carbocycles. The fourth-order valence-corrected chi connectivity index (χ4v) is 5.23. The molecule has 1 aliphatic rings. The van der Waals surface area contributed by atoms with Crippen LogP contribution in [-0.2, 0) is 26.0 Å². The summed E-state index contributed by atoms with van der Waals surface area (Å²) in [6, 6.07) is 7.96. The SMILES string of the molecule is COc1ccc(Cl)cc1CC1CCC(=O)CN(S(=O)(=O)c2ccc(C(=O)O)c(N)c2)C1=O. The van der Waals surface area contributed by atoms with Gasteiger partial charge in [-0.05, 0) is 54.8 Å². The van der Waals surface area contributed by atoms with E-state index in [1.165, 1.54) is 7.11 Å². The fourth-order valence-electron chi connectivity index (χ4n) is 3.57. The number of hydrogen-bond acceptors (Lipinski definition) is 7. The topological polar surface area (TPSA) is 144 Å². The van der Waals surface area contributed by atoms with Gasteiger partial charge in [0.05, 0.1) is 24.1 Å². The number of amides is 1. The van der Waals surface area contributed by atoms with Crippen LogP contribution in [0.1, 0.15) is 28.8 Å². The molecule has 3 N–H and O–H groups in total. The summed E-state index contributed by atoms with van der Waals surface area (Å²) in [5.41, 5.74) is 5.74. The zero-order valence-corrected chi connectivity index (χ0v) is 18.6. The van der Waals surface area contributed by atoms with E-state index in [4.69, 9.17) is 27.2 Å². The van der Waals surface area contributed by atoms with Crippen LogP contribution in [0, 0.1) is 5.92 Å². The minimum atomic E-state index is -4.45. The second-order valence-corrected chi connectivity index (χ2v) is 9.64. The molecular formula is C21H21ClN2O7S. The minimum Gasteiger partial charge on any atom is -0.496 e. The summed E-state index contributed by atoms with van der Waals surface area (Å²) < 4.78 is 32.3. The van der Waals surface area contributed by atoms with E-state index in [1.54, 1.807) is 18.2 Å². The molecule has 1 unspecified atom stereocenters. The number of carboxylic acid groups (broad SMARTS) is 1. The van der Waals surface area contributed by atoms with E-state index in [1.807, 2.05) is 0 Å². The number of carboxylic acids is 1. The van der Waals surface area contributed by atoms with Crippen molar-refractivity contribution in [1.29, 1.82) is 0 Å². The summed E-state index contributed by atoms with van der Waals surface area (Å²) in [5, 5.41) is 9.53. The van der Waals surface area contributed by atoms with Gasteiger partial charge in [0.15, 0.2) is 5.78 Å². The number of carbonyl (C=O) groups is 3. The first-order valence-corrected chi connectivity index (χ1v) is 11.4. The third-order valence-corrected chi connectivity index (χ3v) is 7.21. The molecule has 3 rings (SSSR count). The predicted octanol–water partition coefficient (Wildman–Crippen LogP) is 2.37. The summed E-state index contributed by atoms with van der Waals surface area (Å²) in [6.45, 7) is -0.606. The Morgan fingerprint density at radius 3 is 2.59 bits per heavy atom. The molecule has 1 heterocycles. The second kappa shape index (κ2) is 9.17. The first kappa shape index (κ1) is 23.6. The summed E-state index contributed by atoms with van der Waals surface area (Å²) in [6.07, 6.45) is 0.326. The molecule has 1 aliphatic heterocycles. The lowest BCUT2D eigenvalue weighted by atomic mass is 9.93. The smallest absolute Gasteiger partial charge is 0.337 e. The lowest BCUT2D eigenvalue weighted by Crippen LogP contribution is -2.42. The van der Waals surface area contributed by atoms with Crippen LogP contribution in [0.4, 0.5) is 5.69 Å². The van der Waals surface area contributed by atoms with Crippen molar-refractivity contribution in [3.8, 4) is 5.75 Å². The molecule has 2 aromatic carbocycles. The molecule has 0 saturated carbocycles. The van der Waals surface area contributed by atoms with E-state index in [0.29, 0.717) is 20.6 Å². The molecule has 0 bridgehead atoms. The van der Waals surface area contributed by atoms with Crippen LogP contribution in [0.25, 0.3) is 0 Å². The number of ether oxygens (including phenoxy) is 1. The first-order chi connectivity index (χ1) is 15.0. The van der Waals surface area contributed by atoms with E-state index in [2.05, 4.69) is 0 Å². The molecule has 1 saturated heterocycles. The zero-order chi connectivity index (χ0) is 23.6. The van der Waals surface area contributed by atoms with Crippen LogP contribution in [0.2, 0.25) is 5.02 Å². The first-order valence-electron chi connectivity index (χ1n) is 9.58. The normalized spacial score (nSPS) is 17.2. The number of aromatic carboxylic acids is 1. The van der Waals surface area contributed by atoms with Crippen molar-refractivity contribution in [2.45, 2.75) is 24.2 Å². The monoisotopic (exact) mass is 480 g/mol. The van der Waals surface area contributed by atoms with Crippen LogP contribution >= 0.6 is 11.6 Å². The Morgan fingerprint density at radius 1 is 1.25 bits per heavy atom. The summed E-state index contributed by atoms with van der Waals surface area (Å²) in [5.74, 6) is -2.78. The van der Waals surface area contributed by atoms with E-state index in [9.17, 15) is 22.8 Å². The van der Waals surface area contributed by atoms with Gasteiger partial charge in [-0.2, -0.15) is 0 Å². The van der Waals surface area contributed by atoms with E-state index in [-0.39, 0.29) is 35.4 Å². The van der Waals surface area contributed by atoms with Gasteiger partial charge in [0, 0.05) is 23.0 Å². The number of benzene rings is 2. The molecule has 170 valence electrons. The Balaban J connectivity index is 1.98. The van der Waals surface area contributed by atoms with Crippen molar-refractivity contribution < 1.29 is 32.6 Å². The Hall–Kier alpha value is -3.11. The van der Waals surface area contributed by atoms with Crippen molar-refractivity contribution in [1.82, 2.24) is 4.31 Å². The van der Waals surface area contributed by atoms with Gasteiger partial charge in [-0.1, -0.05) is 11.6 Å². The van der Waals surface area contributed by atoms with Gasteiger partial charge >= 0.3 is 5.97 Å². The third-order valence-electron chi connectivity index (χ3n) is 5.24. The maximum atomic E-state index is 13.3. The van der Waals surface area contributed by atoms with Crippen molar-refractivity contribution in [2.24, 2.45) is 5.92 Å². The quantitative estimate of drug-likeness (QED) is 0.599. The molecule has 1 amide bonds. The maximum Gasteiger partial charge on any atom is 0.337 e. The van der Waals surface area contributed by atoms with Gasteiger partial charge in [-0.25, -0.2) is 17.5 Å². The minimum absolute atomic E-state index is 0.0331. The van der Waals surface area contributed by atoms with Crippen molar-refractivity contribution in [3.63, 3.8) is 0 Å². The lowest BCUT2D eigenvalue weighted by Gasteiger charge is -2.24. The third kappa shape index (κ3) is 4.71. The molecule has 11 heteroatoms. The number of methoxy groups -OCH3 is 1. The molecule has 9 nitrogen and oxygen atoms in total. The zero-order valence-electron chi connectivity index (χ0n) is 17.1. The number of nitrogens with two attached hydrogens (primary N) is 1. The van der Waals surface area contributed by atoms with Gasteiger partial charge in [0.25, 0.3) is 10.0 Å². The van der Waals surface area contributed by atoms with E-state index >= 15 is 0 Å². The Kier molecular flexibility index (Phi) is 6.75. The number of nitrogen functional groups attached to an aromatic ring is 1. The molecular weight excluding hydrogens is 460 g/mol. The van der Waals surface area contributed by atoms with Gasteiger partial charge in [0.1, 0.15) is 5.75 Å². The predicted molar refractivity (Wildman–Crippen MR) is 116 cm³/mol. The number of nitrogens with zero attached hydrogens (tertiary/aromatic N) is 1. The van der Waals surface area contributed by atoms with Gasteiger partial charge in [-0.15, -0.1) is 0 Å². The molecule has 0 aromatic heterocycles. The van der Waals surface area contributed by atoms with Gasteiger partial charge in [-0.3, -0.25) is 9.59 Å². The van der Waals surface area contributed by atoms with Crippen molar-refractivity contribution in [2.75, 3.05) is 19.4 Å². The lowest BCUT2D eigenvalue weighted by molar-refractivity contribution is -0.131.